The Hall–Kier alpha value is -0.640. The second-order valence-electron chi connectivity index (χ2n) is 6.02. The van der Waals surface area contributed by atoms with Crippen LogP contribution in [0.3, 0.4) is 0 Å². The maximum absolute atomic E-state index is 6.36. The van der Waals surface area contributed by atoms with Gasteiger partial charge >= 0.3 is 0 Å². The number of piperidine rings is 2. The molecule has 0 amide bonds. The normalized spacial score (nSPS) is 27.4. The van der Waals surface area contributed by atoms with Gasteiger partial charge in [0, 0.05) is 24.8 Å². The summed E-state index contributed by atoms with van der Waals surface area (Å²) in [4.78, 5) is 4.85. The minimum absolute atomic E-state index is 0.621. The average molecular weight is 314 g/mol. The molecule has 2 saturated heterocycles. The molecule has 20 heavy (non-hydrogen) atoms. The van der Waals surface area contributed by atoms with E-state index in [4.69, 9.17) is 28.9 Å². The molecular formula is C15H21Cl2N3. The molecule has 0 radical (unpaired) electrons. The van der Waals surface area contributed by atoms with E-state index in [1.165, 1.54) is 25.8 Å². The van der Waals surface area contributed by atoms with Crippen molar-refractivity contribution in [3.05, 3.63) is 22.2 Å². The van der Waals surface area contributed by atoms with Crippen LogP contribution in [0.4, 0.5) is 11.4 Å². The van der Waals surface area contributed by atoms with Crippen molar-refractivity contribution in [1.29, 1.82) is 0 Å². The molecule has 2 atom stereocenters. The third-order valence-electron chi connectivity index (χ3n) is 4.70. The minimum atomic E-state index is 0.621. The summed E-state index contributed by atoms with van der Waals surface area (Å²) in [5.41, 5.74) is 7.36. The van der Waals surface area contributed by atoms with Gasteiger partial charge in [0.1, 0.15) is 0 Å². The highest BCUT2D eigenvalue weighted by Gasteiger charge is 2.35. The second-order valence-corrected chi connectivity index (χ2v) is 6.83. The smallest absolute Gasteiger partial charge is 0.0746 e. The summed E-state index contributed by atoms with van der Waals surface area (Å²) in [5.74, 6) is 0.715. The quantitative estimate of drug-likeness (QED) is 0.805. The molecular weight excluding hydrogens is 293 g/mol. The Morgan fingerprint density at radius 3 is 2.55 bits per heavy atom. The highest BCUT2D eigenvalue weighted by Crippen LogP contribution is 2.39. The molecule has 5 heteroatoms. The fourth-order valence-electron chi connectivity index (χ4n) is 3.74. The standard InChI is InChI=1S/C15H21Cl2N3/c1-19-5-2-3-10-9-20(6-4-14(10)19)15-12(16)7-11(18)8-13(15)17/h7-8,10,14H,2-6,9,18H2,1H3. The van der Waals surface area contributed by atoms with Crippen molar-refractivity contribution < 1.29 is 0 Å². The Balaban J connectivity index is 1.83. The Kier molecular flexibility index (Phi) is 4.02. The first kappa shape index (κ1) is 14.3. The fraction of sp³-hybridized carbons (Fsp3) is 0.600. The predicted octanol–water partition coefficient (Wildman–Crippen LogP) is 3.50. The number of rotatable bonds is 1. The summed E-state index contributed by atoms with van der Waals surface area (Å²) < 4.78 is 0. The minimum Gasteiger partial charge on any atom is -0.399 e. The van der Waals surface area contributed by atoms with Gasteiger partial charge in [-0.05, 0) is 50.9 Å². The van der Waals surface area contributed by atoms with Gasteiger partial charge in [0.2, 0.25) is 0 Å². The molecule has 3 nitrogen and oxygen atoms in total. The van der Waals surface area contributed by atoms with E-state index in [2.05, 4.69) is 16.8 Å². The Morgan fingerprint density at radius 2 is 1.85 bits per heavy atom. The van der Waals surface area contributed by atoms with Crippen LogP contribution in [0.1, 0.15) is 19.3 Å². The number of nitrogens with two attached hydrogens (primary N) is 1. The second kappa shape index (κ2) is 5.63. The summed E-state index contributed by atoms with van der Waals surface area (Å²) in [6.07, 6.45) is 3.77. The van der Waals surface area contributed by atoms with E-state index < -0.39 is 0 Å². The Bertz CT molecular complexity index is 483. The summed E-state index contributed by atoms with van der Waals surface area (Å²) in [5, 5.41) is 1.33. The van der Waals surface area contributed by atoms with Crippen molar-refractivity contribution in [1.82, 2.24) is 4.90 Å². The zero-order valence-corrected chi connectivity index (χ0v) is 13.3. The lowest BCUT2D eigenvalue weighted by Gasteiger charge is -2.47. The summed E-state index contributed by atoms with van der Waals surface area (Å²) in [7, 11) is 2.25. The number of hydrogen-bond donors (Lipinski definition) is 1. The van der Waals surface area contributed by atoms with Gasteiger partial charge in [-0.3, -0.25) is 0 Å². The Morgan fingerprint density at radius 1 is 1.15 bits per heavy atom. The van der Waals surface area contributed by atoms with Crippen LogP contribution < -0.4 is 10.6 Å². The number of hydrogen-bond acceptors (Lipinski definition) is 3. The van der Waals surface area contributed by atoms with Crippen molar-refractivity contribution in [2.45, 2.75) is 25.3 Å². The maximum Gasteiger partial charge on any atom is 0.0746 e. The van der Waals surface area contributed by atoms with E-state index in [1.807, 2.05) is 0 Å². The molecule has 3 rings (SSSR count). The van der Waals surface area contributed by atoms with Crippen LogP contribution in [0.2, 0.25) is 10.0 Å². The van der Waals surface area contributed by atoms with Crippen molar-refractivity contribution in [3.63, 3.8) is 0 Å². The van der Waals surface area contributed by atoms with Gasteiger partial charge < -0.3 is 15.5 Å². The van der Waals surface area contributed by atoms with Crippen molar-refractivity contribution >= 4 is 34.6 Å². The molecule has 2 fully saturated rings. The van der Waals surface area contributed by atoms with Gasteiger partial charge in [-0.25, -0.2) is 0 Å². The number of nitrogen functional groups attached to an aromatic ring is 1. The fourth-order valence-corrected chi connectivity index (χ4v) is 4.49. The first-order valence-electron chi connectivity index (χ1n) is 7.26. The van der Waals surface area contributed by atoms with Gasteiger partial charge in [0.25, 0.3) is 0 Å². The molecule has 0 saturated carbocycles. The third kappa shape index (κ3) is 2.59. The number of fused-ring (bicyclic) bond motifs is 1. The molecule has 1 aromatic rings. The number of anilines is 2. The summed E-state index contributed by atoms with van der Waals surface area (Å²) in [6.45, 7) is 3.28. The predicted molar refractivity (Wildman–Crippen MR) is 86.8 cm³/mol. The van der Waals surface area contributed by atoms with Crippen LogP contribution in [-0.2, 0) is 0 Å². The van der Waals surface area contributed by atoms with E-state index in [0.29, 0.717) is 27.7 Å². The molecule has 0 aromatic heterocycles. The average Bonchev–Trinajstić information content (AvgIpc) is 2.37. The van der Waals surface area contributed by atoms with E-state index in [9.17, 15) is 0 Å². The van der Waals surface area contributed by atoms with E-state index in [1.54, 1.807) is 12.1 Å². The van der Waals surface area contributed by atoms with Crippen LogP contribution in [0.25, 0.3) is 0 Å². The molecule has 2 N–H and O–H groups in total. The topological polar surface area (TPSA) is 32.5 Å². The molecule has 2 unspecified atom stereocenters. The highest BCUT2D eigenvalue weighted by molar-refractivity contribution is 6.39. The van der Waals surface area contributed by atoms with Crippen LogP contribution in [0, 0.1) is 5.92 Å². The van der Waals surface area contributed by atoms with Gasteiger partial charge in [-0.15, -0.1) is 0 Å². The zero-order chi connectivity index (χ0) is 14.3. The lowest BCUT2D eigenvalue weighted by atomic mass is 9.84. The maximum atomic E-state index is 6.36. The van der Waals surface area contributed by atoms with Crippen molar-refractivity contribution in [3.8, 4) is 0 Å². The molecule has 0 aliphatic carbocycles. The molecule has 2 heterocycles. The van der Waals surface area contributed by atoms with Gasteiger partial charge in [0.05, 0.1) is 15.7 Å². The van der Waals surface area contributed by atoms with E-state index in [0.717, 1.165) is 18.8 Å². The SMILES string of the molecule is CN1CCCC2CN(c3c(Cl)cc(N)cc3Cl)CCC21. The van der Waals surface area contributed by atoms with E-state index in [-0.39, 0.29) is 0 Å². The van der Waals surface area contributed by atoms with Crippen molar-refractivity contribution in [2.75, 3.05) is 37.3 Å². The van der Waals surface area contributed by atoms with Crippen LogP contribution in [0.15, 0.2) is 12.1 Å². The number of nitrogens with zero attached hydrogens (tertiary/aromatic N) is 2. The molecule has 0 spiro atoms. The number of benzene rings is 1. The van der Waals surface area contributed by atoms with Gasteiger partial charge in [0.15, 0.2) is 0 Å². The molecule has 1 aromatic carbocycles. The summed E-state index contributed by atoms with van der Waals surface area (Å²) in [6, 6.07) is 4.30. The largest absolute Gasteiger partial charge is 0.399 e. The van der Waals surface area contributed by atoms with Crippen LogP contribution in [-0.4, -0.2) is 37.6 Å². The highest BCUT2D eigenvalue weighted by atomic mass is 35.5. The molecule has 2 aliphatic heterocycles. The van der Waals surface area contributed by atoms with Crippen LogP contribution >= 0.6 is 23.2 Å². The van der Waals surface area contributed by atoms with E-state index >= 15 is 0 Å². The molecule has 110 valence electrons. The number of likely N-dealkylation sites (tertiary alicyclic amines) is 1. The summed E-state index contributed by atoms with van der Waals surface area (Å²) >= 11 is 12.7. The van der Waals surface area contributed by atoms with Crippen LogP contribution in [0.5, 0.6) is 0 Å². The van der Waals surface area contributed by atoms with Gasteiger partial charge in [-0.2, -0.15) is 0 Å². The first-order chi connectivity index (χ1) is 9.56. The Labute approximate surface area is 130 Å². The molecule has 2 aliphatic rings. The third-order valence-corrected chi connectivity index (χ3v) is 5.28. The lowest BCUT2D eigenvalue weighted by Crippen LogP contribution is -2.52. The first-order valence-corrected chi connectivity index (χ1v) is 8.01. The lowest BCUT2D eigenvalue weighted by molar-refractivity contribution is 0.102. The monoisotopic (exact) mass is 313 g/mol. The van der Waals surface area contributed by atoms with Gasteiger partial charge in [-0.1, -0.05) is 23.2 Å². The number of halogens is 2. The molecule has 0 bridgehead atoms. The van der Waals surface area contributed by atoms with Crippen molar-refractivity contribution in [2.24, 2.45) is 5.92 Å². The zero-order valence-electron chi connectivity index (χ0n) is 11.8.